The van der Waals surface area contributed by atoms with Gasteiger partial charge in [0.15, 0.2) is 0 Å². The van der Waals surface area contributed by atoms with Crippen molar-refractivity contribution in [3.63, 3.8) is 0 Å². The molecule has 0 bridgehead atoms. The summed E-state index contributed by atoms with van der Waals surface area (Å²) < 4.78 is 0. The van der Waals surface area contributed by atoms with Gasteiger partial charge in [-0.3, -0.25) is 4.79 Å². The summed E-state index contributed by atoms with van der Waals surface area (Å²) in [7, 11) is 1.85. The third-order valence-electron chi connectivity index (χ3n) is 4.05. The lowest BCUT2D eigenvalue weighted by Crippen LogP contribution is -2.25. The first-order chi connectivity index (χ1) is 11.0. The Hall–Kier alpha value is -1.24. The minimum Gasteiger partial charge on any atom is -0.335 e. The lowest BCUT2D eigenvalue weighted by atomic mass is 10.2. The van der Waals surface area contributed by atoms with Crippen molar-refractivity contribution in [2.75, 3.05) is 13.6 Å². The number of thiazole rings is 1. The largest absolute Gasteiger partial charge is 0.335 e. The molecule has 124 valence electrons. The van der Waals surface area contributed by atoms with E-state index in [1.165, 1.54) is 17.7 Å². The molecule has 2 aromatic heterocycles. The summed E-state index contributed by atoms with van der Waals surface area (Å²) >= 11 is 3.29. The Bertz CT molecular complexity index is 671. The van der Waals surface area contributed by atoms with Crippen LogP contribution in [0, 0.1) is 0 Å². The molecule has 0 aliphatic carbocycles. The lowest BCUT2D eigenvalue weighted by Gasteiger charge is -2.14. The molecule has 1 atom stereocenters. The third-order valence-corrected chi connectivity index (χ3v) is 6.43. The molecule has 1 fully saturated rings. The summed E-state index contributed by atoms with van der Waals surface area (Å²) in [5, 5.41) is 6.67. The molecule has 2 aromatic rings. The zero-order valence-electron chi connectivity index (χ0n) is 13.8. The molecule has 1 saturated heterocycles. The van der Waals surface area contributed by atoms with Crippen LogP contribution in [0.5, 0.6) is 0 Å². The predicted octanol–water partition coefficient (Wildman–Crippen LogP) is 4.02. The van der Waals surface area contributed by atoms with Crippen LogP contribution in [0.1, 0.15) is 63.9 Å². The zero-order valence-corrected chi connectivity index (χ0v) is 15.5. The zero-order chi connectivity index (χ0) is 16.4. The average Bonchev–Trinajstić information content (AvgIpc) is 3.26. The molecule has 1 amide bonds. The number of nitrogens with zero attached hydrogens (tertiary/aromatic N) is 2. The minimum atomic E-state index is 0.0818. The third kappa shape index (κ3) is 3.82. The van der Waals surface area contributed by atoms with E-state index in [1.807, 2.05) is 13.1 Å². The summed E-state index contributed by atoms with van der Waals surface area (Å²) in [6.07, 6.45) is 2.38. The van der Waals surface area contributed by atoms with Crippen molar-refractivity contribution in [2.24, 2.45) is 0 Å². The Labute approximate surface area is 145 Å². The van der Waals surface area contributed by atoms with Gasteiger partial charge in [-0.05, 0) is 31.5 Å². The minimum absolute atomic E-state index is 0.0818. The average molecular weight is 350 g/mol. The van der Waals surface area contributed by atoms with E-state index in [4.69, 9.17) is 0 Å². The van der Waals surface area contributed by atoms with Gasteiger partial charge in [0, 0.05) is 29.3 Å². The molecule has 3 heterocycles. The van der Waals surface area contributed by atoms with Gasteiger partial charge in [-0.2, -0.15) is 0 Å². The van der Waals surface area contributed by atoms with Crippen LogP contribution < -0.4 is 5.32 Å². The molecule has 0 aromatic carbocycles. The highest BCUT2D eigenvalue weighted by molar-refractivity contribution is 7.14. The van der Waals surface area contributed by atoms with E-state index >= 15 is 0 Å². The number of nitrogens with one attached hydrogen (secondary N) is 1. The van der Waals surface area contributed by atoms with Crippen molar-refractivity contribution in [1.29, 1.82) is 0 Å². The number of hydrogen-bond donors (Lipinski definition) is 1. The molecule has 23 heavy (non-hydrogen) atoms. The highest BCUT2D eigenvalue weighted by Gasteiger charge is 2.21. The van der Waals surface area contributed by atoms with Gasteiger partial charge in [0.2, 0.25) is 0 Å². The predicted molar refractivity (Wildman–Crippen MR) is 96.3 cm³/mol. The number of aromatic nitrogens is 1. The number of carbonyl (C=O) groups excluding carboxylic acids is 1. The Morgan fingerprint density at radius 2 is 2.30 bits per heavy atom. The first kappa shape index (κ1) is 16.6. The standard InChI is InChI=1S/C17H23N3OS2/c1-11(2)16-19-12(10-22-16)9-20(3)17(21)15-7-6-14(23-15)13-5-4-8-18-13/h6-7,10-11,13,18H,4-5,8-9H2,1-3H3/t13-/m1/s1. The molecule has 3 rings (SSSR count). The van der Waals surface area contributed by atoms with Crippen molar-refractivity contribution < 1.29 is 4.79 Å². The van der Waals surface area contributed by atoms with Crippen LogP contribution in [-0.2, 0) is 6.54 Å². The van der Waals surface area contributed by atoms with Crippen LogP contribution in [0.2, 0.25) is 0 Å². The van der Waals surface area contributed by atoms with E-state index in [9.17, 15) is 4.79 Å². The fraction of sp³-hybridized carbons (Fsp3) is 0.529. The number of carbonyl (C=O) groups is 1. The van der Waals surface area contributed by atoms with Crippen molar-refractivity contribution in [3.05, 3.63) is 38.0 Å². The molecule has 0 unspecified atom stereocenters. The number of rotatable bonds is 5. The molecule has 0 spiro atoms. The molecule has 4 nitrogen and oxygen atoms in total. The first-order valence-corrected chi connectivity index (χ1v) is 9.77. The Kier molecular flexibility index (Phi) is 5.14. The highest BCUT2D eigenvalue weighted by Crippen LogP contribution is 2.30. The van der Waals surface area contributed by atoms with Gasteiger partial charge >= 0.3 is 0 Å². The quantitative estimate of drug-likeness (QED) is 0.886. The van der Waals surface area contributed by atoms with Gasteiger partial charge in [-0.1, -0.05) is 13.8 Å². The Morgan fingerprint density at radius 3 is 2.96 bits per heavy atom. The van der Waals surface area contributed by atoms with E-state index in [1.54, 1.807) is 27.6 Å². The summed E-state index contributed by atoms with van der Waals surface area (Å²) in [4.78, 5) is 21.1. The van der Waals surface area contributed by atoms with E-state index in [0.717, 1.165) is 22.1 Å². The summed E-state index contributed by atoms with van der Waals surface area (Å²) in [5.41, 5.74) is 0.976. The van der Waals surface area contributed by atoms with Crippen LogP contribution in [-0.4, -0.2) is 29.4 Å². The second-order valence-electron chi connectivity index (χ2n) is 6.34. The van der Waals surface area contributed by atoms with Crippen LogP contribution in [0.4, 0.5) is 0 Å². The van der Waals surface area contributed by atoms with Gasteiger partial charge in [0.25, 0.3) is 5.91 Å². The van der Waals surface area contributed by atoms with Gasteiger partial charge in [0.1, 0.15) is 0 Å². The maximum Gasteiger partial charge on any atom is 0.264 e. The maximum atomic E-state index is 12.6. The smallest absolute Gasteiger partial charge is 0.264 e. The van der Waals surface area contributed by atoms with Crippen LogP contribution in [0.15, 0.2) is 17.5 Å². The van der Waals surface area contributed by atoms with Crippen LogP contribution >= 0.6 is 22.7 Å². The van der Waals surface area contributed by atoms with Gasteiger partial charge in [-0.25, -0.2) is 4.98 Å². The van der Waals surface area contributed by atoms with Crippen molar-refractivity contribution in [1.82, 2.24) is 15.2 Å². The number of thiophene rings is 1. The van der Waals surface area contributed by atoms with Gasteiger partial charge in [0.05, 0.1) is 22.1 Å². The lowest BCUT2D eigenvalue weighted by molar-refractivity contribution is 0.0788. The molecular formula is C17H23N3OS2. The van der Waals surface area contributed by atoms with Gasteiger partial charge < -0.3 is 10.2 Å². The van der Waals surface area contributed by atoms with E-state index in [2.05, 4.69) is 35.6 Å². The van der Waals surface area contributed by atoms with Crippen molar-refractivity contribution in [2.45, 2.75) is 45.2 Å². The fourth-order valence-electron chi connectivity index (χ4n) is 2.75. The molecular weight excluding hydrogens is 326 g/mol. The summed E-state index contributed by atoms with van der Waals surface area (Å²) in [6, 6.07) is 4.48. The van der Waals surface area contributed by atoms with Crippen molar-refractivity contribution in [3.8, 4) is 0 Å². The normalized spacial score (nSPS) is 17.8. The van der Waals surface area contributed by atoms with E-state index < -0.39 is 0 Å². The fourth-order valence-corrected chi connectivity index (χ4v) is 4.68. The molecule has 1 aliphatic heterocycles. The SMILES string of the molecule is CC(C)c1nc(CN(C)C(=O)c2ccc([C@H]3CCCN3)s2)cs1. The molecule has 1 N–H and O–H groups in total. The van der Waals surface area contributed by atoms with E-state index in [-0.39, 0.29) is 5.91 Å². The summed E-state index contributed by atoms with van der Waals surface area (Å²) in [5.74, 6) is 0.520. The molecule has 1 aliphatic rings. The van der Waals surface area contributed by atoms with Gasteiger partial charge in [-0.15, -0.1) is 22.7 Å². The molecule has 0 saturated carbocycles. The highest BCUT2D eigenvalue weighted by atomic mass is 32.1. The Balaban J connectivity index is 1.64. The first-order valence-electron chi connectivity index (χ1n) is 8.07. The number of amides is 1. The molecule has 0 radical (unpaired) electrons. The second-order valence-corrected chi connectivity index (χ2v) is 8.35. The monoisotopic (exact) mass is 349 g/mol. The Morgan fingerprint density at radius 1 is 1.48 bits per heavy atom. The second kappa shape index (κ2) is 7.11. The topological polar surface area (TPSA) is 45.2 Å². The number of hydrogen-bond acceptors (Lipinski definition) is 5. The van der Waals surface area contributed by atoms with Crippen molar-refractivity contribution >= 4 is 28.6 Å². The van der Waals surface area contributed by atoms with E-state index in [0.29, 0.717) is 18.5 Å². The maximum absolute atomic E-state index is 12.6. The molecule has 6 heteroatoms. The van der Waals surface area contributed by atoms with Crippen LogP contribution in [0.25, 0.3) is 0 Å². The summed E-state index contributed by atoms with van der Waals surface area (Å²) in [6.45, 7) is 5.92. The van der Waals surface area contributed by atoms with Crippen LogP contribution in [0.3, 0.4) is 0 Å².